The van der Waals surface area contributed by atoms with E-state index in [1.165, 1.54) is 19.4 Å². The fraction of sp³-hybridized carbons (Fsp3) is 0.562. The van der Waals surface area contributed by atoms with Crippen LogP contribution in [0.25, 0.3) is 0 Å². The number of carbonyl (C=O) groups excluding carboxylic acids is 1. The quantitative estimate of drug-likeness (QED) is 0.830. The summed E-state index contributed by atoms with van der Waals surface area (Å²) in [5.74, 6) is 0.188. The fourth-order valence-electron chi connectivity index (χ4n) is 2.54. The highest BCUT2D eigenvalue weighted by atomic mass is 16.2. The Kier molecular flexibility index (Phi) is 4.97. The number of rotatable bonds is 4. The van der Waals surface area contributed by atoms with Crippen LogP contribution in [0, 0.1) is 6.92 Å². The average Bonchev–Trinajstić information content (AvgIpc) is 2.45. The van der Waals surface area contributed by atoms with E-state index < -0.39 is 0 Å². The van der Waals surface area contributed by atoms with Crippen molar-refractivity contribution in [3.05, 3.63) is 35.4 Å². The van der Waals surface area contributed by atoms with Crippen molar-refractivity contribution >= 4 is 5.91 Å². The Morgan fingerprint density at radius 1 is 1.16 bits per heavy atom. The maximum atomic E-state index is 12.4. The summed E-state index contributed by atoms with van der Waals surface area (Å²) in [6, 6.07) is 7.86. The molecular weight excluding hydrogens is 236 g/mol. The van der Waals surface area contributed by atoms with Gasteiger partial charge >= 0.3 is 0 Å². The van der Waals surface area contributed by atoms with Gasteiger partial charge in [-0.1, -0.05) is 31.5 Å². The van der Waals surface area contributed by atoms with Gasteiger partial charge in [0, 0.05) is 31.7 Å². The normalized spacial score (nSPS) is 16.6. The molecule has 0 unspecified atom stereocenters. The largest absolute Gasteiger partial charge is 0.336 e. The highest BCUT2D eigenvalue weighted by molar-refractivity contribution is 5.95. The lowest BCUT2D eigenvalue weighted by Crippen LogP contribution is -2.48. The zero-order chi connectivity index (χ0) is 13.7. The predicted octanol–water partition coefficient (Wildman–Crippen LogP) is 2.55. The highest BCUT2D eigenvalue weighted by Crippen LogP contribution is 2.13. The van der Waals surface area contributed by atoms with Crippen molar-refractivity contribution in [2.24, 2.45) is 0 Å². The van der Waals surface area contributed by atoms with E-state index >= 15 is 0 Å². The van der Waals surface area contributed by atoms with E-state index in [9.17, 15) is 4.79 Å². The molecule has 0 atom stereocenters. The molecule has 2 rings (SSSR count). The molecule has 1 aromatic carbocycles. The maximum absolute atomic E-state index is 12.4. The fourth-order valence-corrected chi connectivity index (χ4v) is 2.54. The van der Waals surface area contributed by atoms with Crippen LogP contribution in [0.4, 0.5) is 0 Å². The van der Waals surface area contributed by atoms with Gasteiger partial charge in [-0.25, -0.2) is 0 Å². The number of amides is 1. The molecule has 1 aliphatic rings. The van der Waals surface area contributed by atoms with Crippen LogP contribution in [0.1, 0.15) is 35.7 Å². The third-order valence-corrected chi connectivity index (χ3v) is 3.86. The number of piperazine rings is 1. The van der Waals surface area contributed by atoms with Gasteiger partial charge in [0.25, 0.3) is 5.91 Å². The summed E-state index contributed by atoms with van der Waals surface area (Å²) in [5, 5.41) is 0. The molecule has 0 radical (unpaired) electrons. The first-order chi connectivity index (χ1) is 9.22. The first-order valence-electron chi connectivity index (χ1n) is 7.29. The van der Waals surface area contributed by atoms with Crippen molar-refractivity contribution in [2.45, 2.75) is 26.7 Å². The topological polar surface area (TPSA) is 23.6 Å². The van der Waals surface area contributed by atoms with Crippen LogP contribution in [0.2, 0.25) is 0 Å². The van der Waals surface area contributed by atoms with Gasteiger partial charge in [-0.2, -0.15) is 0 Å². The van der Waals surface area contributed by atoms with Crippen LogP contribution in [0.5, 0.6) is 0 Å². The van der Waals surface area contributed by atoms with Crippen LogP contribution in [-0.4, -0.2) is 48.4 Å². The Hall–Kier alpha value is -1.35. The number of benzene rings is 1. The van der Waals surface area contributed by atoms with Crippen LogP contribution < -0.4 is 0 Å². The Morgan fingerprint density at radius 2 is 1.84 bits per heavy atom. The second-order valence-electron chi connectivity index (χ2n) is 5.30. The van der Waals surface area contributed by atoms with E-state index in [1.807, 2.05) is 36.1 Å². The summed E-state index contributed by atoms with van der Waals surface area (Å²) in [6.07, 6.45) is 2.49. The number of hydrogen-bond donors (Lipinski definition) is 0. The number of nitrogens with zero attached hydrogens (tertiary/aromatic N) is 2. The Labute approximate surface area is 116 Å². The van der Waals surface area contributed by atoms with Gasteiger partial charge in [-0.3, -0.25) is 9.69 Å². The van der Waals surface area contributed by atoms with Crippen LogP contribution >= 0.6 is 0 Å². The molecule has 19 heavy (non-hydrogen) atoms. The van der Waals surface area contributed by atoms with Gasteiger partial charge in [0.2, 0.25) is 0 Å². The molecule has 0 bridgehead atoms. The molecular formula is C16H24N2O. The molecule has 1 aromatic rings. The van der Waals surface area contributed by atoms with E-state index in [-0.39, 0.29) is 5.91 Å². The van der Waals surface area contributed by atoms with E-state index in [1.54, 1.807) is 0 Å². The van der Waals surface area contributed by atoms with Crippen LogP contribution in [0.3, 0.4) is 0 Å². The maximum Gasteiger partial charge on any atom is 0.254 e. The van der Waals surface area contributed by atoms with Gasteiger partial charge in [0.15, 0.2) is 0 Å². The summed E-state index contributed by atoms with van der Waals surface area (Å²) in [4.78, 5) is 16.9. The number of unbranched alkanes of at least 4 members (excludes halogenated alkanes) is 1. The number of carbonyl (C=O) groups is 1. The Balaban J connectivity index is 1.91. The van der Waals surface area contributed by atoms with E-state index in [0.29, 0.717) is 0 Å². The Bertz CT molecular complexity index is 423. The molecule has 0 N–H and O–H groups in total. The predicted molar refractivity (Wildman–Crippen MR) is 78.4 cm³/mol. The summed E-state index contributed by atoms with van der Waals surface area (Å²) >= 11 is 0. The molecule has 1 saturated heterocycles. The molecule has 1 fully saturated rings. The molecule has 3 heteroatoms. The molecule has 3 nitrogen and oxygen atoms in total. The zero-order valence-corrected chi connectivity index (χ0v) is 12.1. The molecule has 0 saturated carbocycles. The molecule has 0 spiro atoms. The third kappa shape index (κ3) is 3.57. The van der Waals surface area contributed by atoms with Gasteiger partial charge in [0.05, 0.1) is 0 Å². The zero-order valence-electron chi connectivity index (χ0n) is 12.1. The third-order valence-electron chi connectivity index (χ3n) is 3.86. The molecule has 1 amide bonds. The minimum atomic E-state index is 0.188. The molecule has 0 aromatic heterocycles. The smallest absolute Gasteiger partial charge is 0.254 e. The summed E-state index contributed by atoms with van der Waals surface area (Å²) < 4.78 is 0. The summed E-state index contributed by atoms with van der Waals surface area (Å²) in [6.45, 7) is 9.13. The van der Waals surface area contributed by atoms with E-state index in [4.69, 9.17) is 0 Å². The van der Waals surface area contributed by atoms with E-state index in [0.717, 1.165) is 37.3 Å². The standard InChI is InChI=1S/C16H24N2O/c1-3-4-9-17-10-12-18(13-11-17)16(19)15-8-6-5-7-14(15)2/h5-8H,3-4,9-13H2,1-2H3. The first-order valence-corrected chi connectivity index (χ1v) is 7.29. The second-order valence-corrected chi connectivity index (χ2v) is 5.30. The van der Waals surface area contributed by atoms with Gasteiger partial charge < -0.3 is 4.90 Å². The minimum absolute atomic E-state index is 0.188. The second kappa shape index (κ2) is 6.71. The minimum Gasteiger partial charge on any atom is -0.336 e. The molecule has 1 aliphatic heterocycles. The lowest BCUT2D eigenvalue weighted by molar-refractivity contribution is 0.0635. The van der Waals surface area contributed by atoms with Gasteiger partial charge in [0.1, 0.15) is 0 Å². The van der Waals surface area contributed by atoms with Crippen molar-refractivity contribution in [2.75, 3.05) is 32.7 Å². The summed E-state index contributed by atoms with van der Waals surface area (Å²) in [5.41, 5.74) is 1.92. The Morgan fingerprint density at radius 3 is 2.47 bits per heavy atom. The van der Waals surface area contributed by atoms with Crippen molar-refractivity contribution in [3.8, 4) is 0 Å². The van der Waals surface area contributed by atoms with Gasteiger partial charge in [-0.05, 0) is 31.5 Å². The monoisotopic (exact) mass is 260 g/mol. The van der Waals surface area contributed by atoms with Gasteiger partial charge in [-0.15, -0.1) is 0 Å². The molecule has 1 heterocycles. The van der Waals surface area contributed by atoms with Crippen molar-refractivity contribution < 1.29 is 4.79 Å². The van der Waals surface area contributed by atoms with Crippen molar-refractivity contribution in [1.82, 2.24) is 9.80 Å². The van der Waals surface area contributed by atoms with Crippen LogP contribution in [-0.2, 0) is 0 Å². The van der Waals surface area contributed by atoms with Crippen molar-refractivity contribution in [1.29, 1.82) is 0 Å². The number of hydrogen-bond acceptors (Lipinski definition) is 2. The van der Waals surface area contributed by atoms with E-state index in [2.05, 4.69) is 11.8 Å². The lowest BCUT2D eigenvalue weighted by atomic mass is 10.1. The van der Waals surface area contributed by atoms with Crippen LogP contribution in [0.15, 0.2) is 24.3 Å². The highest BCUT2D eigenvalue weighted by Gasteiger charge is 2.22. The van der Waals surface area contributed by atoms with Crippen molar-refractivity contribution in [3.63, 3.8) is 0 Å². The first kappa shape index (κ1) is 14.1. The SMILES string of the molecule is CCCCN1CCN(C(=O)c2ccccc2C)CC1. The molecule has 104 valence electrons. The molecule has 0 aliphatic carbocycles. The average molecular weight is 260 g/mol. The lowest BCUT2D eigenvalue weighted by Gasteiger charge is -2.35. The number of aryl methyl sites for hydroxylation is 1. The summed E-state index contributed by atoms with van der Waals surface area (Å²) in [7, 11) is 0.